The van der Waals surface area contributed by atoms with Crippen molar-refractivity contribution < 1.29 is 14.0 Å². The number of rotatable bonds is 7. The largest absolute Gasteiger partial charge is 0.383 e. The fraction of sp³-hybridized carbons (Fsp3) is 0.250. The molecule has 3 N–H and O–H groups in total. The molecule has 1 unspecified atom stereocenters. The number of carbonyl (C=O) groups is 1. The number of halogens is 1. The van der Waals surface area contributed by atoms with Crippen LogP contribution in [0.15, 0.2) is 69.3 Å². The Morgan fingerprint density at radius 1 is 1.24 bits per heavy atom. The molecule has 0 saturated heterocycles. The Balaban J connectivity index is 1.64. The summed E-state index contributed by atoms with van der Waals surface area (Å²) in [7, 11) is 0. The Morgan fingerprint density at radius 3 is 2.71 bits per heavy atom. The third-order valence-corrected chi connectivity index (χ3v) is 5.48. The van der Waals surface area contributed by atoms with Crippen molar-refractivity contribution in [2.24, 2.45) is 5.16 Å². The molecule has 0 spiro atoms. The zero-order valence-corrected chi connectivity index (χ0v) is 18.5. The minimum atomic E-state index is -1.02. The fourth-order valence-corrected chi connectivity index (χ4v) is 3.84. The van der Waals surface area contributed by atoms with Gasteiger partial charge in [-0.2, -0.15) is 0 Å². The summed E-state index contributed by atoms with van der Waals surface area (Å²) >= 11 is 0. The van der Waals surface area contributed by atoms with Crippen LogP contribution in [-0.2, 0) is 16.2 Å². The SMILES string of the molecule is CCCN(C(=O)C1CC(c2cccc(F)c2)=NO1)c1c(N)n(Cc2ccccc2)c(=O)[nH]c1=O. The molecule has 1 aliphatic heterocycles. The van der Waals surface area contributed by atoms with E-state index in [1.54, 1.807) is 12.1 Å². The number of oxime groups is 1. The van der Waals surface area contributed by atoms with Crippen LogP contribution in [0.3, 0.4) is 0 Å². The second-order valence-corrected chi connectivity index (χ2v) is 7.90. The molecule has 9 nitrogen and oxygen atoms in total. The van der Waals surface area contributed by atoms with E-state index in [1.165, 1.54) is 21.6 Å². The summed E-state index contributed by atoms with van der Waals surface area (Å²) in [6.07, 6.45) is -0.394. The summed E-state index contributed by atoms with van der Waals surface area (Å²) in [6.45, 7) is 2.13. The third kappa shape index (κ3) is 4.61. The van der Waals surface area contributed by atoms with Crippen LogP contribution in [0.25, 0.3) is 0 Å². The van der Waals surface area contributed by atoms with Crippen LogP contribution in [-0.4, -0.2) is 33.8 Å². The van der Waals surface area contributed by atoms with Crippen LogP contribution in [0.5, 0.6) is 0 Å². The van der Waals surface area contributed by atoms with Crippen LogP contribution < -0.4 is 21.9 Å². The Kier molecular flexibility index (Phi) is 6.58. The number of nitrogens with zero attached hydrogens (tertiary/aromatic N) is 3. The number of nitrogens with two attached hydrogens (primary N) is 1. The first-order chi connectivity index (χ1) is 16.4. The maximum absolute atomic E-state index is 13.6. The average molecular weight is 465 g/mol. The number of carbonyl (C=O) groups excluding carboxylic acids is 1. The molecule has 4 rings (SSSR count). The molecule has 0 saturated carbocycles. The van der Waals surface area contributed by atoms with E-state index < -0.39 is 29.1 Å². The lowest BCUT2D eigenvalue weighted by Gasteiger charge is -2.25. The molecule has 0 aliphatic carbocycles. The number of hydrogen-bond donors (Lipinski definition) is 2. The Hall–Kier alpha value is -4.21. The lowest BCUT2D eigenvalue weighted by atomic mass is 10.0. The maximum atomic E-state index is 13.6. The monoisotopic (exact) mass is 465 g/mol. The number of aromatic nitrogens is 2. The molecule has 0 radical (unpaired) electrons. The van der Waals surface area contributed by atoms with Gasteiger partial charge in [0.05, 0.1) is 12.3 Å². The first-order valence-corrected chi connectivity index (χ1v) is 10.9. The lowest BCUT2D eigenvalue weighted by molar-refractivity contribution is -0.128. The quantitative estimate of drug-likeness (QED) is 0.554. The summed E-state index contributed by atoms with van der Waals surface area (Å²) in [6, 6.07) is 15.0. The minimum Gasteiger partial charge on any atom is -0.383 e. The molecule has 1 amide bonds. The number of anilines is 2. The molecule has 34 heavy (non-hydrogen) atoms. The number of nitrogens with one attached hydrogen (secondary N) is 1. The van der Waals surface area contributed by atoms with Crippen molar-refractivity contribution in [3.63, 3.8) is 0 Å². The fourth-order valence-electron chi connectivity index (χ4n) is 3.84. The summed E-state index contributed by atoms with van der Waals surface area (Å²) < 4.78 is 14.8. The highest BCUT2D eigenvalue weighted by Gasteiger charge is 2.35. The van der Waals surface area contributed by atoms with Gasteiger partial charge in [0, 0.05) is 18.5 Å². The van der Waals surface area contributed by atoms with E-state index in [4.69, 9.17) is 10.6 Å². The first-order valence-electron chi connectivity index (χ1n) is 10.9. The number of benzene rings is 2. The van der Waals surface area contributed by atoms with Crippen LogP contribution in [0.4, 0.5) is 15.9 Å². The Labute approximate surface area is 194 Å². The van der Waals surface area contributed by atoms with Crippen LogP contribution in [0.2, 0.25) is 0 Å². The van der Waals surface area contributed by atoms with Gasteiger partial charge < -0.3 is 15.5 Å². The van der Waals surface area contributed by atoms with Crippen LogP contribution >= 0.6 is 0 Å². The number of aromatic amines is 1. The van der Waals surface area contributed by atoms with Crippen molar-refractivity contribution >= 4 is 23.1 Å². The van der Waals surface area contributed by atoms with Crippen molar-refractivity contribution in [3.8, 4) is 0 Å². The van der Waals surface area contributed by atoms with Gasteiger partial charge in [-0.15, -0.1) is 0 Å². The van der Waals surface area contributed by atoms with E-state index in [0.29, 0.717) is 17.7 Å². The molecular weight excluding hydrogens is 441 g/mol. The van der Waals surface area contributed by atoms with Crippen LogP contribution in [0.1, 0.15) is 30.9 Å². The van der Waals surface area contributed by atoms with Crippen molar-refractivity contribution in [2.75, 3.05) is 17.2 Å². The smallest absolute Gasteiger partial charge is 0.330 e. The van der Waals surface area contributed by atoms with Crippen molar-refractivity contribution in [1.82, 2.24) is 9.55 Å². The highest BCUT2D eigenvalue weighted by atomic mass is 19.1. The van der Waals surface area contributed by atoms with Gasteiger partial charge in [0.2, 0.25) is 6.10 Å². The molecule has 1 aliphatic rings. The molecule has 2 heterocycles. The lowest BCUT2D eigenvalue weighted by Crippen LogP contribution is -2.45. The number of nitrogen functional groups attached to an aromatic ring is 1. The third-order valence-electron chi connectivity index (χ3n) is 5.48. The first kappa shape index (κ1) is 23.0. The summed E-state index contributed by atoms with van der Waals surface area (Å²) in [5, 5.41) is 3.95. The predicted molar refractivity (Wildman–Crippen MR) is 126 cm³/mol. The van der Waals surface area contributed by atoms with Crippen molar-refractivity contribution in [2.45, 2.75) is 32.4 Å². The number of H-pyrrole nitrogens is 1. The van der Waals surface area contributed by atoms with Crippen molar-refractivity contribution in [3.05, 3.63) is 92.4 Å². The number of hydrogen-bond acceptors (Lipinski definition) is 6. The van der Waals surface area contributed by atoms with Gasteiger partial charge >= 0.3 is 5.69 Å². The van der Waals surface area contributed by atoms with Crippen LogP contribution in [0, 0.1) is 5.82 Å². The molecule has 0 bridgehead atoms. The van der Waals surface area contributed by atoms with E-state index in [9.17, 15) is 18.8 Å². The molecule has 1 atom stereocenters. The topological polar surface area (TPSA) is 123 Å². The van der Waals surface area contributed by atoms with E-state index in [-0.39, 0.29) is 31.0 Å². The van der Waals surface area contributed by atoms with Gasteiger partial charge in [0.1, 0.15) is 11.6 Å². The highest BCUT2D eigenvalue weighted by Crippen LogP contribution is 2.24. The standard InChI is InChI=1S/C24H24FN5O4/c1-2-11-29(23(32)19-13-18(28-34-19)16-9-6-10-17(25)12-16)20-21(26)30(24(33)27-22(20)31)14-15-7-4-3-5-8-15/h3-10,12,19H,2,11,13-14,26H2,1H3,(H,27,31,33). The second kappa shape index (κ2) is 9.74. The molecule has 2 aromatic carbocycles. The average Bonchev–Trinajstić information content (AvgIpc) is 3.32. The maximum Gasteiger partial charge on any atom is 0.330 e. The van der Waals surface area contributed by atoms with E-state index in [1.807, 2.05) is 37.3 Å². The highest BCUT2D eigenvalue weighted by molar-refractivity contribution is 6.07. The van der Waals surface area contributed by atoms with Gasteiger partial charge in [-0.3, -0.25) is 19.1 Å². The second-order valence-electron chi connectivity index (χ2n) is 7.90. The van der Waals surface area contributed by atoms with Gasteiger partial charge in [-0.05, 0) is 24.1 Å². The van der Waals surface area contributed by atoms with Gasteiger partial charge in [-0.1, -0.05) is 54.5 Å². The summed E-state index contributed by atoms with van der Waals surface area (Å²) in [5.74, 6) is -1.08. The van der Waals surface area contributed by atoms with Crippen molar-refractivity contribution in [1.29, 1.82) is 0 Å². The summed E-state index contributed by atoms with van der Waals surface area (Å²) in [5.41, 5.74) is 6.44. The van der Waals surface area contributed by atoms with E-state index >= 15 is 0 Å². The zero-order chi connectivity index (χ0) is 24.2. The molecule has 176 valence electrons. The Bertz CT molecular complexity index is 1350. The van der Waals surface area contributed by atoms with Gasteiger partial charge in [0.15, 0.2) is 5.69 Å². The van der Waals surface area contributed by atoms with Gasteiger partial charge in [-0.25, -0.2) is 9.18 Å². The minimum absolute atomic E-state index is 0.101. The van der Waals surface area contributed by atoms with Gasteiger partial charge in [0.25, 0.3) is 11.5 Å². The molecule has 0 fully saturated rings. The predicted octanol–water partition coefficient (Wildman–Crippen LogP) is 2.24. The molecule has 10 heteroatoms. The zero-order valence-electron chi connectivity index (χ0n) is 18.5. The van der Waals surface area contributed by atoms with E-state index in [0.717, 1.165) is 5.56 Å². The molecule has 1 aromatic heterocycles. The summed E-state index contributed by atoms with van der Waals surface area (Å²) in [4.78, 5) is 47.5. The normalized spacial score (nSPS) is 15.0. The number of amides is 1. The van der Waals surface area contributed by atoms with E-state index in [2.05, 4.69) is 10.1 Å². The molecular formula is C24H24FN5O4. The molecule has 3 aromatic rings. The Morgan fingerprint density at radius 2 is 2.00 bits per heavy atom.